The molecule has 24 heavy (non-hydrogen) atoms. The summed E-state index contributed by atoms with van der Waals surface area (Å²) < 4.78 is 1.71. The third-order valence-corrected chi connectivity index (χ3v) is 4.63. The van der Waals surface area contributed by atoms with E-state index in [1.807, 2.05) is 26.8 Å². The lowest BCUT2D eigenvalue weighted by Gasteiger charge is -2.28. The normalized spacial score (nSPS) is 13.7. The maximum atomic E-state index is 12.8. The van der Waals surface area contributed by atoms with Crippen LogP contribution < -0.4 is 0 Å². The summed E-state index contributed by atoms with van der Waals surface area (Å²) >= 11 is 0. The number of benzene rings is 1. The van der Waals surface area contributed by atoms with Gasteiger partial charge in [0.1, 0.15) is 18.7 Å². The largest absolute Gasteiger partial charge is 0.297 e. The number of ketones is 1. The number of hydrogen-bond acceptors (Lipinski definition) is 3. The Morgan fingerprint density at radius 3 is 2.33 bits per heavy atom. The minimum absolute atomic E-state index is 0.0962. The number of Topliss-reactive ketones (excluding diaryl/α,β-unsaturated/α-hetero) is 1. The van der Waals surface area contributed by atoms with Crippen molar-refractivity contribution in [3.05, 3.63) is 48.5 Å². The highest BCUT2D eigenvalue weighted by Gasteiger charge is 2.31. The minimum atomic E-state index is -0.383. The monoisotopic (exact) mass is 327 g/mol. The lowest BCUT2D eigenvalue weighted by Crippen LogP contribution is -2.31. The van der Waals surface area contributed by atoms with Crippen LogP contribution in [0.5, 0.6) is 0 Å². The van der Waals surface area contributed by atoms with Gasteiger partial charge in [-0.15, -0.1) is 0 Å². The SMILES string of the molecule is CC(C)(C)C(=O)C(CCCC(C)(C)c1ccccc1)n1cncn1. The molecule has 1 unspecified atom stereocenters. The molecule has 0 saturated heterocycles. The van der Waals surface area contributed by atoms with E-state index in [4.69, 9.17) is 0 Å². The van der Waals surface area contributed by atoms with E-state index in [2.05, 4.69) is 48.2 Å². The Morgan fingerprint density at radius 1 is 1.12 bits per heavy atom. The fourth-order valence-corrected chi connectivity index (χ4v) is 3.03. The highest BCUT2D eigenvalue weighted by atomic mass is 16.1. The van der Waals surface area contributed by atoms with Crippen molar-refractivity contribution in [3.8, 4) is 0 Å². The number of carbonyl (C=O) groups excluding carboxylic acids is 1. The Labute approximate surface area is 145 Å². The molecule has 0 aliphatic carbocycles. The second-order valence-corrected chi connectivity index (χ2v) is 8.15. The van der Waals surface area contributed by atoms with Crippen molar-refractivity contribution in [1.29, 1.82) is 0 Å². The number of rotatable bonds is 7. The van der Waals surface area contributed by atoms with Crippen molar-refractivity contribution in [2.24, 2.45) is 5.41 Å². The first kappa shape index (κ1) is 18.4. The molecule has 1 heterocycles. The molecule has 1 atom stereocenters. The van der Waals surface area contributed by atoms with Gasteiger partial charge >= 0.3 is 0 Å². The maximum Gasteiger partial charge on any atom is 0.162 e. The van der Waals surface area contributed by atoms with Gasteiger partial charge < -0.3 is 0 Å². The Morgan fingerprint density at radius 2 is 1.79 bits per heavy atom. The molecule has 0 N–H and O–H groups in total. The molecule has 2 aromatic rings. The van der Waals surface area contributed by atoms with Crippen LogP contribution in [0, 0.1) is 5.41 Å². The predicted octanol–water partition coefficient (Wildman–Crippen LogP) is 4.58. The second-order valence-electron chi connectivity index (χ2n) is 8.15. The fraction of sp³-hybridized carbons (Fsp3) is 0.550. The summed E-state index contributed by atoms with van der Waals surface area (Å²) in [6.07, 6.45) is 5.93. The number of carbonyl (C=O) groups is 1. The van der Waals surface area contributed by atoms with E-state index >= 15 is 0 Å². The van der Waals surface area contributed by atoms with Crippen LogP contribution in [0.2, 0.25) is 0 Å². The van der Waals surface area contributed by atoms with Crippen molar-refractivity contribution in [3.63, 3.8) is 0 Å². The molecule has 0 aliphatic heterocycles. The van der Waals surface area contributed by atoms with Crippen LogP contribution in [0.1, 0.15) is 65.5 Å². The molecule has 0 amide bonds. The summed E-state index contributed by atoms with van der Waals surface area (Å²) in [5.41, 5.74) is 1.05. The van der Waals surface area contributed by atoms with Gasteiger partial charge in [0.2, 0.25) is 0 Å². The summed E-state index contributed by atoms with van der Waals surface area (Å²) in [6.45, 7) is 10.4. The van der Waals surface area contributed by atoms with E-state index in [0.29, 0.717) is 0 Å². The third kappa shape index (κ3) is 4.53. The van der Waals surface area contributed by atoms with E-state index in [1.165, 1.54) is 11.9 Å². The summed E-state index contributed by atoms with van der Waals surface area (Å²) in [5.74, 6) is 0.213. The quantitative estimate of drug-likeness (QED) is 0.747. The average molecular weight is 327 g/mol. The molecular weight excluding hydrogens is 298 g/mol. The Hall–Kier alpha value is -1.97. The van der Waals surface area contributed by atoms with Crippen LogP contribution in [0.25, 0.3) is 0 Å². The predicted molar refractivity (Wildman–Crippen MR) is 96.8 cm³/mol. The molecule has 2 rings (SSSR count). The molecule has 1 aromatic heterocycles. The van der Waals surface area contributed by atoms with Gasteiger partial charge in [-0.1, -0.05) is 65.0 Å². The molecule has 0 bridgehead atoms. The first-order chi connectivity index (χ1) is 11.2. The van der Waals surface area contributed by atoms with E-state index in [9.17, 15) is 4.79 Å². The Bertz CT molecular complexity index is 639. The topological polar surface area (TPSA) is 47.8 Å². The van der Waals surface area contributed by atoms with Gasteiger partial charge in [0.25, 0.3) is 0 Å². The van der Waals surface area contributed by atoms with Gasteiger partial charge in [0, 0.05) is 5.41 Å². The van der Waals surface area contributed by atoms with Gasteiger partial charge in [-0.2, -0.15) is 5.10 Å². The number of nitrogens with zero attached hydrogens (tertiary/aromatic N) is 3. The standard InChI is InChI=1S/C20H29N3O/c1-19(2,3)18(24)17(23-15-21-14-22-23)12-9-13-20(4,5)16-10-7-6-8-11-16/h6-8,10-11,14-15,17H,9,12-13H2,1-5H3. The molecule has 4 heteroatoms. The van der Waals surface area contributed by atoms with Gasteiger partial charge in [0.15, 0.2) is 5.78 Å². The maximum absolute atomic E-state index is 12.8. The fourth-order valence-electron chi connectivity index (χ4n) is 3.03. The van der Waals surface area contributed by atoms with Crippen molar-refractivity contribution in [1.82, 2.24) is 14.8 Å². The van der Waals surface area contributed by atoms with Crippen LogP contribution in [-0.2, 0) is 10.2 Å². The Kier molecular flexibility index (Phi) is 5.58. The van der Waals surface area contributed by atoms with E-state index < -0.39 is 0 Å². The number of hydrogen-bond donors (Lipinski definition) is 0. The summed E-state index contributed by atoms with van der Waals surface area (Å²) in [5, 5.41) is 4.21. The first-order valence-corrected chi connectivity index (χ1v) is 8.66. The zero-order valence-corrected chi connectivity index (χ0v) is 15.5. The molecule has 0 fully saturated rings. The lowest BCUT2D eigenvalue weighted by molar-refractivity contribution is -0.130. The zero-order valence-electron chi connectivity index (χ0n) is 15.5. The summed E-state index contributed by atoms with van der Waals surface area (Å²) in [6, 6.07) is 10.3. The van der Waals surface area contributed by atoms with Crippen LogP contribution >= 0.6 is 0 Å². The van der Waals surface area contributed by atoms with Crippen molar-refractivity contribution in [2.75, 3.05) is 0 Å². The Balaban J connectivity index is 2.05. The molecular formula is C20H29N3O. The molecule has 0 radical (unpaired) electrons. The van der Waals surface area contributed by atoms with Crippen molar-refractivity contribution >= 4 is 5.78 Å². The van der Waals surface area contributed by atoms with E-state index in [0.717, 1.165) is 19.3 Å². The first-order valence-electron chi connectivity index (χ1n) is 8.66. The molecule has 1 aromatic carbocycles. The van der Waals surface area contributed by atoms with Crippen molar-refractivity contribution in [2.45, 2.75) is 65.3 Å². The van der Waals surface area contributed by atoms with Crippen LogP contribution in [-0.4, -0.2) is 20.5 Å². The van der Waals surface area contributed by atoms with Crippen molar-refractivity contribution < 1.29 is 4.79 Å². The second kappa shape index (κ2) is 7.29. The highest BCUT2D eigenvalue weighted by Crippen LogP contribution is 2.32. The van der Waals surface area contributed by atoms with E-state index in [-0.39, 0.29) is 22.7 Å². The average Bonchev–Trinajstić information content (AvgIpc) is 3.05. The molecule has 4 nitrogen and oxygen atoms in total. The molecule has 0 aliphatic rings. The van der Waals surface area contributed by atoms with Gasteiger partial charge in [-0.3, -0.25) is 4.79 Å². The van der Waals surface area contributed by atoms with Gasteiger partial charge in [0.05, 0.1) is 0 Å². The van der Waals surface area contributed by atoms with Gasteiger partial charge in [-0.25, -0.2) is 9.67 Å². The van der Waals surface area contributed by atoms with Crippen LogP contribution in [0.15, 0.2) is 43.0 Å². The van der Waals surface area contributed by atoms with Gasteiger partial charge in [-0.05, 0) is 30.2 Å². The lowest BCUT2D eigenvalue weighted by atomic mass is 9.78. The minimum Gasteiger partial charge on any atom is -0.297 e. The molecule has 0 saturated carbocycles. The smallest absolute Gasteiger partial charge is 0.162 e. The number of aromatic nitrogens is 3. The summed E-state index contributed by atoms with van der Waals surface area (Å²) in [4.78, 5) is 16.8. The highest BCUT2D eigenvalue weighted by molar-refractivity contribution is 5.87. The third-order valence-electron chi connectivity index (χ3n) is 4.63. The van der Waals surface area contributed by atoms with Crippen LogP contribution in [0.3, 0.4) is 0 Å². The van der Waals surface area contributed by atoms with E-state index in [1.54, 1.807) is 11.0 Å². The van der Waals surface area contributed by atoms with Crippen LogP contribution in [0.4, 0.5) is 0 Å². The molecule has 0 spiro atoms. The summed E-state index contributed by atoms with van der Waals surface area (Å²) in [7, 11) is 0. The molecule has 130 valence electrons. The zero-order chi connectivity index (χ0) is 17.8.